The molecule has 206 valence electrons. The summed E-state index contributed by atoms with van der Waals surface area (Å²) in [5.41, 5.74) is 4.46. The first-order valence-corrected chi connectivity index (χ1v) is 14.9. The Morgan fingerprint density at radius 3 is 1.47 bits per heavy atom. The largest absolute Gasteiger partial charge is 1.00 e. The molecule has 5 nitrogen and oxygen atoms in total. The van der Waals surface area contributed by atoms with E-state index in [0.717, 1.165) is 35.7 Å². The second-order valence-electron chi connectivity index (χ2n) is 14.5. The van der Waals surface area contributed by atoms with E-state index in [0.29, 0.717) is 6.54 Å². The van der Waals surface area contributed by atoms with E-state index in [1.54, 1.807) is 0 Å². The molecule has 0 fully saturated rings. The molecule has 1 aliphatic heterocycles. The fraction of sp³-hybridized carbons (Fsp3) is 0.613. The fourth-order valence-electron chi connectivity index (χ4n) is 6.22. The van der Waals surface area contributed by atoms with Crippen LogP contribution >= 0.6 is 0 Å². The molecular formula is C31H46NNaO4S. The van der Waals surface area contributed by atoms with Crippen molar-refractivity contribution < 1.29 is 47.3 Å². The third kappa shape index (κ3) is 8.72. The summed E-state index contributed by atoms with van der Waals surface area (Å²) in [6, 6.07) is 12.7. The fourth-order valence-corrected chi connectivity index (χ4v) is 6.71. The predicted molar refractivity (Wildman–Crippen MR) is 153 cm³/mol. The van der Waals surface area contributed by atoms with Crippen LogP contribution in [0.2, 0.25) is 0 Å². The van der Waals surface area contributed by atoms with Crippen molar-refractivity contribution in [3.63, 3.8) is 0 Å². The second kappa shape index (κ2) is 11.4. The first-order chi connectivity index (χ1) is 16.7. The summed E-state index contributed by atoms with van der Waals surface area (Å²) in [5.74, 6) is 1.15. The van der Waals surface area contributed by atoms with Crippen molar-refractivity contribution in [2.45, 2.75) is 99.3 Å². The van der Waals surface area contributed by atoms with Crippen molar-refractivity contribution in [1.82, 2.24) is 0 Å². The first kappa shape index (κ1) is 33.2. The molecule has 0 unspecified atom stereocenters. The van der Waals surface area contributed by atoms with Gasteiger partial charge in [-0.1, -0.05) is 81.4 Å². The van der Waals surface area contributed by atoms with E-state index in [1.165, 1.54) is 11.1 Å². The molecule has 0 aliphatic carbocycles. The molecule has 1 heterocycles. The van der Waals surface area contributed by atoms with Crippen molar-refractivity contribution in [3.05, 3.63) is 47.5 Å². The standard InChI is InChI=1S/C31H47NO4S.Na/c1-28(2,3)20-30(7,8)22-12-14-24-26(18-22)36-27-19-23(31(9,10)21-29(4,5)6)13-15-25(27)32(24)16-11-17-37(33,34)35;/h12-15,18-19H,11,16-17,20-21H2,1-10H3,(H,33,34,35);/q;+1/p-1. The molecule has 7 heteroatoms. The smallest absolute Gasteiger partial charge is 0.748 e. The van der Waals surface area contributed by atoms with E-state index in [9.17, 15) is 13.0 Å². The predicted octanol–water partition coefficient (Wildman–Crippen LogP) is 5.30. The molecule has 2 aromatic carbocycles. The van der Waals surface area contributed by atoms with Gasteiger partial charge in [-0.15, -0.1) is 0 Å². The quantitative estimate of drug-likeness (QED) is 0.329. The Balaban J connectivity index is 0.00000507. The van der Waals surface area contributed by atoms with E-state index in [2.05, 4.69) is 111 Å². The van der Waals surface area contributed by atoms with Crippen LogP contribution in [-0.4, -0.2) is 25.3 Å². The molecule has 0 spiro atoms. The van der Waals surface area contributed by atoms with Crippen LogP contribution in [-0.2, 0) is 20.9 Å². The number of hydrogen-bond acceptors (Lipinski definition) is 5. The summed E-state index contributed by atoms with van der Waals surface area (Å²) in [4.78, 5) is 2.10. The van der Waals surface area contributed by atoms with Crippen molar-refractivity contribution in [2.75, 3.05) is 17.2 Å². The van der Waals surface area contributed by atoms with Crippen molar-refractivity contribution in [2.24, 2.45) is 10.8 Å². The number of benzene rings is 2. The molecule has 0 N–H and O–H groups in total. The van der Waals surface area contributed by atoms with Crippen LogP contribution in [0.25, 0.3) is 0 Å². The zero-order chi connectivity index (χ0) is 28.0. The normalized spacial score (nSPS) is 14.3. The van der Waals surface area contributed by atoms with Gasteiger partial charge in [-0.2, -0.15) is 0 Å². The minimum atomic E-state index is -4.27. The van der Waals surface area contributed by atoms with E-state index < -0.39 is 10.1 Å². The van der Waals surface area contributed by atoms with Crippen molar-refractivity contribution in [1.29, 1.82) is 0 Å². The maximum Gasteiger partial charge on any atom is 1.00 e. The van der Waals surface area contributed by atoms with Crippen LogP contribution in [0.3, 0.4) is 0 Å². The Hall–Kier alpha value is -1.05. The van der Waals surface area contributed by atoms with Gasteiger partial charge in [0.25, 0.3) is 0 Å². The van der Waals surface area contributed by atoms with Gasteiger partial charge >= 0.3 is 29.6 Å². The summed E-state index contributed by atoms with van der Waals surface area (Å²) in [6.45, 7) is 23.0. The van der Waals surface area contributed by atoms with Crippen molar-refractivity contribution in [3.8, 4) is 11.5 Å². The van der Waals surface area contributed by atoms with Crippen LogP contribution in [0, 0.1) is 10.8 Å². The summed E-state index contributed by atoms with van der Waals surface area (Å²) in [6.07, 6.45) is 2.29. The number of anilines is 2. The van der Waals surface area contributed by atoms with Gasteiger partial charge in [0, 0.05) is 12.3 Å². The molecular weight excluding hydrogens is 505 g/mol. The Morgan fingerprint density at radius 2 is 1.13 bits per heavy atom. The van der Waals surface area contributed by atoms with Crippen LogP contribution in [0.15, 0.2) is 36.4 Å². The number of hydrogen-bond donors (Lipinski definition) is 0. The van der Waals surface area contributed by atoms with Gasteiger partial charge in [0.15, 0.2) is 11.5 Å². The molecule has 0 saturated heterocycles. The van der Waals surface area contributed by atoms with Gasteiger partial charge in [0.2, 0.25) is 0 Å². The first-order valence-electron chi connectivity index (χ1n) is 13.4. The zero-order valence-corrected chi connectivity index (χ0v) is 28.3. The number of nitrogens with zero attached hydrogens (tertiary/aromatic N) is 1. The minimum Gasteiger partial charge on any atom is -0.748 e. The van der Waals surface area contributed by atoms with E-state index >= 15 is 0 Å². The van der Waals surface area contributed by atoms with Gasteiger partial charge < -0.3 is 14.2 Å². The Kier molecular flexibility index (Phi) is 9.98. The average Bonchev–Trinajstić information content (AvgIpc) is 2.68. The Labute approximate surface area is 253 Å². The Morgan fingerprint density at radius 1 is 0.737 bits per heavy atom. The number of fused-ring (bicyclic) bond motifs is 2. The number of ether oxygens (including phenoxy) is 1. The summed E-state index contributed by atoms with van der Waals surface area (Å²) in [5, 5.41) is 0. The maximum atomic E-state index is 11.3. The van der Waals surface area contributed by atoms with Gasteiger partial charge in [-0.3, -0.25) is 0 Å². The third-order valence-corrected chi connectivity index (χ3v) is 7.79. The van der Waals surface area contributed by atoms with Gasteiger partial charge in [0.05, 0.1) is 21.5 Å². The van der Waals surface area contributed by atoms with Crippen LogP contribution < -0.4 is 39.2 Å². The van der Waals surface area contributed by atoms with Crippen LogP contribution in [0.5, 0.6) is 11.5 Å². The topological polar surface area (TPSA) is 69.7 Å². The molecule has 0 saturated carbocycles. The monoisotopic (exact) mass is 551 g/mol. The molecule has 38 heavy (non-hydrogen) atoms. The summed E-state index contributed by atoms with van der Waals surface area (Å²) < 4.78 is 40.5. The molecule has 0 radical (unpaired) electrons. The molecule has 2 aromatic rings. The zero-order valence-electron chi connectivity index (χ0n) is 25.5. The molecule has 0 aromatic heterocycles. The van der Waals surface area contributed by atoms with Gasteiger partial charge in [-0.05, 0) is 76.3 Å². The van der Waals surface area contributed by atoms with Crippen LogP contribution in [0.4, 0.5) is 11.4 Å². The molecule has 0 amide bonds. The summed E-state index contributed by atoms with van der Waals surface area (Å²) in [7, 11) is -4.27. The average molecular weight is 552 g/mol. The molecule has 1 aliphatic rings. The molecule has 3 rings (SSSR count). The van der Waals surface area contributed by atoms with E-state index in [4.69, 9.17) is 4.74 Å². The molecule has 0 atom stereocenters. The SMILES string of the molecule is CC(C)(C)CC(C)(C)c1ccc2c(c1)Oc1cc(C(C)(C)CC(C)(C)C)ccc1N2CCCS(=O)(=O)[O-].[Na+]. The Bertz CT molecular complexity index is 1160. The van der Waals surface area contributed by atoms with Crippen molar-refractivity contribution >= 4 is 21.5 Å². The van der Waals surface area contributed by atoms with Gasteiger partial charge in [0.1, 0.15) is 0 Å². The summed E-state index contributed by atoms with van der Waals surface area (Å²) >= 11 is 0. The van der Waals surface area contributed by atoms with E-state index in [1.807, 2.05) is 0 Å². The maximum absolute atomic E-state index is 11.3. The molecule has 0 bridgehead atoms. The van der Waals surface area contributed by atoms with E-state index in [-0.39, 0.29) is 63.4 Å². The third-order valence-electron chi connectivity index (χ3n) is 7.00. The second-order valence-corrected chi connectivity index (χ2v) is 16.0. The van der Waals surface area contributed by atoms with Gasteiger partial charge in [-0.25, -0.2) is 8.42 Å². The van der Waals surface area contributed by atoms with Crippen LogP contribution in [0.1, 0.15) is 99.6 Å². The minimum absolute atomic E-state index is 0. The number of rotatable bonds is 8.